The molecule has 1 N–H and O–H groups in total. The minimum absolute atomic E-state index is 0.158. The summed E-state index contributed by atoms with van der Waals surface area (Å²) in [5.74, 6) is -1.31. The molecule has 2 heterocycles. The van der Waals surface area contributed by atoms with E-state index in [0.717, 1.165) is 12.1 Å². The van der Waals surface area contributed by atoms with Gasteiger partial charge in [0.25, 0.3) is 5.56 Å². The molecule has 10 heteroatoms. The summed E-state index contributed by atoms with van der Waals surface area (Å²) in [4.78, 5) is 32.3. The molecule has 0 atom stereocenters. The van der Waals surface area contributed by atoms with Crippen molar-refractivity contribution in [3.8, 4) is 5.75 Å². The molecule has 1 aromatic carbocycles. The van der Waals surface area contributed by atoms with E-state index >= 15 is 0 Å². The quantitative estimate of drug-likeness (QED) is 0.547. The third kappa shape index (κ3) is 5.72. The van der Waals surface area contributed by atoms with Crippen molar-refractivity contribution in [2.75, 3.05) is 0 Å². The highest BCUT2D eigenvalue weighted by Gasteiger charge is 2.14. The summed E-state index contributed by atoms with van der Waals surface area (Å²) in [6.07, 6.45) is 3.08. The van der Waals surface area contributed by atoms with Crippen LogP contribution in [0.25, 0.3) is 0 Å². The molecule has 0 aliphatic rings. The molecule has 3 rings (SSSR count). The number of halogens is 3. The van der Waals surface area contributed by atoms with E-state index in [-0.39, 0.29) is 46.9 Å². The number of rotatable bonds is 7. The minimum atomic E-state index is -0.721. The SMILES string of the molecule is CC(=O)NCc1cnc(Cn2c(C)cc(OCc3ccc(F)cc3F)c(Br)c2=O)cn1. The zero-order chi connectivity index (χ0) is 22.5. The molecule has 0 bridgehead atoms. The van der Waals surface area contributed by atoms with Gasteiger partial charge in [0.05, 0.1) is 36.9 Å². The number of benzene rings is 1. The summed E-state index contributed by atoms with van der Waals surface area (Å²) >= 11 is 3.24. The van der Waals surface area contributed by atoms with Crippen LogP contribution in [0.2, 0.25) is 0 Å². The van der Waals surface area contributed by atoms with Gasteiger partial charge in [0.1, 0.15) is 28.5 Å². The highest BCUT2D eigenvalue weighted by Crippen LogP contribution is 2.24. The molecule has 3 aromatic rings. The molecular formula is C21H19BrF2N4O3. The summed E-state index contributed by atoms with van der Waals surface area (Å²) in [5.41, 5.74) is 1.59. The van der Waals surface area contributed by atoms with E-state index in [1.165, 1.54) is 23.8 Å². The van der Waals surface area contributed by atoms with Gasteiger partial charge in [0.2, 0.25) is 5.91 Å². The number of pyridine rings is 1. The summed E-state index contributed by atoms with van der Waals surface area (Å²) in [6.45, 7) is 3.45. The van der Waals surface area contributed by atoms with Gasteiger partial charge >= 0.3 is 0 Å². The Morgan fingerprint density at radius 2 is 1.90 bits per heavy atom. The number of hydrogen-bond donors (Lipinski definition) is 1. The van der Waals surface area contributed by atoms with Crippen molar-refractivity contribution in [1.29, 1.82) is 0 Å². The third-order valence-corrected chi connectivity index (χ3v) is 5.14. The number of hydrogen-bond acceptors (Lipinski definition) is 5. The second-order valence-electron chi connectivity index (χ2n) is 6.79. The molecule has 0 fully saturated rings. The van der Waals surface area contributed by atoms with Crippen molar-refractivity contribution in [2.45, 2.75) is 33.5 Å². The Hall–Kier alpha value is -3.14. The van der Waals surface area contributed by atoms with Crippen LogP contribution < -0.4 is 15.6 Å². The zero-order valence-corrected chi connectivity index (χ0v) is 18.4. The molecule has 2 aromatic heterocycles. The Kier molecular flexibility index (Phi) is 7.11. The fourth-order valence-electron chi connectivity index (χ4n) is 2.74. The summed E-state index contributed by atoms with van der Waals surface area (Å²) in [7, 11) is 0. The van der Waals surface area contributed by atoms with Gasteiger partial charge in [-0.2, -0.15) is 0 Å². The Labute approximate surface area is 185 Å². The number of ether oxygens (including phenoxy) is 1. The third-order valence-electron chi connectivity index (χ3n) is 4.41. The second-order valence-corrected chi connectivity index (χ2v) is 7.58. The van der Waals surface area contributed by atoms with Crippen LogP contribution in [0.1, 0.15) is 29.6 Å². The van der Waals surface area contributed by atoms with Crippen LogP contribution in [0.3, 0.4) is 0 Å². The van der Waals surface area contributed by atoms with Crippen LogP contribution in [-0.4, -0.2) is 20.4 Å². The molecule has 0 saturated heterocycles. The molecule has 0 aliphatic carbocycles. The highest BCUT2D eigenvalue weighted by molar-refractivity contribution is 9.10. The predicted octanol–water partition coefficient (Wildman–Crippen LogP) is 3.25. The van der Waals surface area contributed by atoms with Crippen molar-refractivity contribution >= 4 is 21.8 Å². The molecule has 0 spiro atoms. The van der Waals surface area contributed by atoms with Crippen molar-refractivity contribution in [1.82, 2.24) is 19.9 Å². The van der Waals surface area contributed by atoms with Gasteiger partial charge in [-0.1, -0.05) is 0 Å². The van der Waals surface area contributed by atoms with Gasteiger partial charge in [-0.15, -0.1) is 0 Å². The highest BCUT2D eigenvalue weighted by atomic mass is 79.9. The van der Waals surface area contributed by atoms with E-state index < -0.39 is 11.6 Å². The molecule has 31 heavy (non-hydrogen) atoms. The fraction of sp³-hybridized carbons (Fsp3) is 0.238. The Morgan fingerprint density at radius 3 is 2.55 bits per heavy atom. The van der Waals surface area contributed by atoms with Crippen LogP contribution >= 0.6 is 15.9 Å². The van der Waals surface area contributed by atoms with E-state index in [4.69, 9.17) is 4.74 Å². The van der Waals surface area contributed by atoms with Crippen molar-refractivity contribution < 1.29 is 18.3 Å². The molecule has 0 aliphatic heterocycles. The van der Waals surface area contributed by atoms with Crippen LogP contribution in [0.15, 0.2) is 45.9 Å². The van der Waals surface area contributed by atoms with Crippen molar-refractivity contribution in [3.05, 3.63) is 85.8 Å². The number of nitrogens with zero attached hydrogens (tertiary/aromatic N) is 3. The first-order valence-corrected chi connectivity index (χ1v) is 10.0. The first-order chi connectivity index (χ1) is 14.7. The van der Waals surface area contributed by atoms with Gasteiger partial charge in [0, 0.05) is 30.3 Å². The molecule has 7 nitrogen and oxygen atoms in total. The molecule has 162 valence electrons. The van der Waals surface area contributed by atoms with Gasteiger partial charge in [0.15, 0.2) is 0 Å². The van der Waals surface area contributed by atoms with E-state index in [1.807, 2.05) is 0 Å². The largest absolute Gasteiger partial charge is 0.487 e. The lowest BCUT2D eigenvalue weighted by Crippen LogP contribution is -2.25. The number of nitrogens with one attached hydrogen (secondary N) is 1. The number of amides is 1. The number of carbonyl (C=O) groups is 1. The number of aryl methyl sites for hydroxylation is 1. The maximum absolute atomic E-state index is 13.8. The minimum Gasteiger partial charge on any atom is -0.487 e. The fourth-order valence-corrected chi connectivity index (χ4v) is 3.19. The number of aromatic nitrogens is 3. The van der Waals surface area contributed by atoms with Crippen LogP contribution in [-0.2, 0) is 24.5 Å². The topological polar surface area (TPSA) is 86.1 Å². The smallest absolute Gasteiger partial charge is 0.269 e. The van der Waals surface area contributed by atoms with E-state index in [1.54, 1.807) is 19.2 Å². The summed E-state index contributed by atoms with van der Waals surface area (Å²) in [5, 5.41) is 2.63. The first kappa shape index (κ1) is 22.5. The summed E-state index contributed by atoms with van der Waals surface area (Å²) in [6, 6.07) is 4.86. The second kappa shape index (κ2) is 9.78. The maximum atomic E-state index is 13.8. The average molecular weight is 493 g/mol. The van der Waals surface area contributed by atoms with E-state index in [0.29, 0.717) is 17.1 Å². The van der Waals surface area contributed by atoms with Gasteiger partial charge in [-0.25, -0.2) is 8.78 Å². The zero-order valence-electron chi connectivity index (χ0n) is 16.8. The summed E-state index contributed by atoms with van der Waals surface area (Å²) < 4.78 is 34.1. The van der Waals surface area contributed by atoms with Crippen LogP contribution in [0, 0.1) is 18.6 Å². The first-order valence-electron chi connectivity index (χ1n) is 9.25. The lowest BCUT2D eigenvalue weighted by Gasteiger charge is -2.14. The molecule has 0 saturated carbocycles. The molecular weight excluding hydrogens is 474 g/mol. The maximum Gasteiger partial charge on any atom is 0.269 e. The Morgan fingerprint density at radius 1 is 1.19 bits per heavy atom. The lowest BCUT2D eigenvalue weighted by molar-refractivity contribution is -0.119. The van der Waals surface area contributed by atoms with Gasteiger partial charge in [-0.3, -0.25) is 19.6 Å². The monoisotopic (exact) mass is 492 g/mol. The van der Waals surface area contributed by atoms with E-state index in [9.17, 15) is 18.4 Å². The van der Waals surface area contributed by atoms with Crippen LogP contribution in [0.5, 0.6) is 5.75 Å². The Bertz CT molecular complexity index is 1170. The predicted molar refractivity (Wildman–Crippen MR) is 112 cm³/mol. The van der Waals surface area contributed by atoms with Gasteiger partial charge in [-0.05, 0) is 35.0 Å². The standard InChI is InChI=1S/C21H19BrF2N4O3/c1-12-5-19(31-11-14-3-4-15(23)6-18(14)24)20(22)21(30)28(12)10-17-9-26-16(8-27-17)7-25-13(2)29/h3-6,8-9H,7,10-11H2,1-2H3,(H,25,29). The normalized spacial score (nSPS) is 10.7. The molecule has 0 radical (unpaired) electrons. The van der Waals surface area contributed by atoms with Crippen molar-refractivity contribution in [3.63, 3.8) is 0 Å². The Balaban J connectivity index is 1.75. The number of carbonyl (C=O) groups excluding carboxylic acids is 1. The van der Waals surface area contributed by atoms with Crippen LogP contribution in [0.4, 0.5) is 8.78 Å². The lowest BCUT2D eigenvalue weighted by atomic mass is 10.2. The van der Waals surface area contributed by atoms with Gasteiger partial charge < -0.3 is 14.6 Å². The average Bonchev–Trinajstić information content (AvgIpc) is 2.73. The van der Waals surface area contributed by atoms with E-state index in [2.05, 4.69) is 31.2 Å². The molecule has 0 unspecified atom stereocenters. The molecule has 1 amide bonds. The van der Waals surface area contributed by atoms with Crippen molar-refractivity contribution in [2.24, 2.45) is 0 Å².